The van der Waals surface area contributed by atoms with Crippen LogP contribution in [0.3, 0.4) is 0 Å². The van der Waals surface area contributed by atoms with Gasteiger partial charge in [-0.05, 0) is 24.1 Å². The van der Waals surface area contributed by atoms with Crippen LogP contribution in [0.2, 0.25) is 0 Å². The van der Waals surface area contributed by atoms with E-state index in [1.165, 1.54) is 0 Å². The Labute approximate surface area is 70.7 Å². The zero-order valence-corrected chi connectivity index (χ0v) is 8.20. The van der Waals surface area contributed by atoms with Gasteiger partial charge >= 0.3 is 9.15 Å². The van der Waals surface area contributed by atoms with Crippen LogP contribution in [0, 0.1) is 0 Å². The van der Waals surface area contributed by atoms with E-state index in [2.05, 4.69) is 0 Å². The second kappa shape index (κ2) is 3.75. The summed E-state index contributed by atoms with van der Waals surface area (Å²) in [4.78, 5) is 0. The first kappa shape index (κ1) is 11.2. The quantitative estimate of drug-likeness (QED) is 0.513. The average Bonchev–Trinajstić information content (AvgIpc) is 1.83. The highest BCUT2D eigenvalue weighted by Crippen LogP contribution is 2.17. The van der Waals surface area contributed by atoms with Gasteiger partial charge in [-0.3, -0.25) is 4.55 Å². The summed E-state index contributed by atoms with van der Waals surface area (Å²) in [6, 6.07) is 0. The number of hydrogen-bond donors (Lipinski definition) is 2. The Morgan fingerprint density at radius 3 is 2.36 bits per heavy atom. The molecule has 0 bridgehead atoms. The van der Waals surface area contributed by atoms with Crippen LogP contribution in [0.15, 0.2) is 0 Å². The minimum Gasteiger partial charge on any atom is -0.325 e. The fourth-order valence-electron chi connectivity index (χ4n) is 0.311. The van der Waals surface area contributed by atoms with E-state index in [9.17, 15) is 8.42 Å². The second-order valence-corrected chi connectivity index (χ2v) is 6.05. The molecule has 0 saturated carbocycles. The molecule has 4 nitrogen and oxygen atoms in total. The minimum absolute atomic E-state index is 0.211. The molecule has 0 spiro atoms. The largest absolute Gasteiger partial charge is 0.325 e. The smallest absolute Gasteiger partial charge is 0.319 e. The molecule has 0 aromatic heterocycles. The van der Waals surface area contributed by atoms with Crippen molar-refractivity contribution in [2.45, 2.75) is 25.8 Å². The van der Waals surface area contributed by atoms with Crippen molar-refractivity contribution in [3.63, 3.8) is 0 Å². The van der Waals surface area contributed by atoms with Crippen molar-refractivity contribution < 1.29 is 13.0 Å². The van der Waals surface area contributed by atoms with Gasteiger partial charge in [-0.25, -0.2) is 0 Å². The average molecular weight is 199 g/mol. The van der Waals surface area contributed by atoms with E-state index < -0.39 is 14.7 Å². The van der Waals surface area contributed by atoms with Crippen LogP contribution in [0.1, 0.15) is 20.3 Å². The predicted octanol–water partition coefficient (Wildman–Crippen LogP) is 0.650. The molecule has 0 aromatic carbocycles. The molecule has 1 atom stereocenters. The Bertz CT molecular complexity index is 210. The standard InChI is InChI=1S/C5H13NO3S2/c1-3-5(2,6)4-10-11(7,8)9/h3-4,6H2,1-2H3,(H,7,8,9). The lowest BCUT2D eigenvalue weighted by atomic mass is 10.0. The molecule has 3 N–H and O–H groups in total. The van der Waals surface area contributed by atoms with Gasteiger partial charge in [-0.2, -0.15) is 8.42 Å². The first-order chi connectivity index (χ1) is 4.77. The lowest BCUT2D eigenvalue weighted by Crippen LogP contribution is -2.38. The first-order valence-electron chi connectivity index (χ1n) is 3.17. The van der Waals surface area contributed by atoms with Crippen LogP contribution in [-0.4, -0.2) is 24.3 Å². The monoisotopic (exact) mass is 199 g/mol. The first-order valence-corrected chi connectivity index (χ1v) is 6.12. The molecule has 0 amide bonds. The maximum absolute atomic E-state index is 10.3. The molecule has 0 heterocycles. The van der Waals surface area contributed by atoms with Crippen molar-refractivity contribution in [3.05, 3.63) is 0 Å². The molecule has 11 heavy (non-hydrogen) atoms. The highest BCUT2D eigenvalue weighted by molar-refractivity contribution is 8.69. The third-order valence-electron chi connectivity index (χ3n) is 1.35. The molecule has 1 unspecified atom stereocenters. The normalized spacial score (nSPS) is 17.8. The van der Waals surface area contributed by atoms with Crippen molar-refractivity contribution in [1.29, 1.82) is 0 Å². The second-order valence-electron chi connectivity index (χ2n) is 2.70. The summed E-state index contributed by atoms with van der Waals surface area (Å²) < 4.78 is 28.9. The van der Waals surface area contributed by atoms with Gasteiger partial charge in [0.15, 0.2) is 0 Å². The van der Waals surface area contributed by atoms with E-state index in [4.69, 9.17) is 10.3 Å². The van der Waals surface area contributed by atoms with Crippen LogP contribution < -0.4 is 5.73 Å². The minimum atomic E-state index is -3.93. The van der Waals surface area contributed by atoms with E-state index in [0.717, 1.165) is 0 Å². The molecule has 0 aromatic rings. The summed E-state index contributed by atoms with van der Waals surface area (Å²) in [6.07, 6.45) is 0.676. The van der Waals surface area contributed by atoms with Gasteiger partial charge in [0.1, 0.15) is 0 Å². The summed E-state index contributed by atoms with van der Waals surface area (Å²) in [7, 11) is -3.46. The Morgan fingerprint density at radius 1 is 1.64 bits per heavy atom. The van der Waals surface area contributed by atoms with Crippen LogP contribution in [-0.2, 0) is 9.15 Å². The van der Waals surface area contributed by atoms with Crippen LogP contribution in [0.25, 0.3) is 0 Å². The summed E-state index contributed by atoms with van der Waals surface area (Å²) in [6.45, 7) is 3.61. The van der Waals surface area contributed by atoms with Crippen molar-refractivity contribution in [1.82, 2.24) is 0 Å². The number of hydrogen-bond acceptors (Lipinski definition) is 4. The van der Waals surface area contributed by atoms with Gasteiger partial charge in [-0.15, -0.1) is 0 Å². The molecule has 0 saturated heterocycles. The fraction of sp³-hybridized carbons (Fsp3) is 1.00. The van der Waals surface area contributed by atoms with Crippen LogP contribution in [0.5, 0.6) is 0 Å². The van der Waals surface area contributed by atoms with Crippen molar-refractivity contribution in [2.24, 2.45) is 5.73 Å². The maximum atomic E-state index is 10.3. The lowest BCUT2D eigenvalue weighted by Gasteiger charge is -2.20. The van der Waals surface area contributed by atoms with Gasteiger partial charge in [0.05, 0.1) is 0 Å². The maximum Gasteiger partial charge on any atom is 0.319 e. The van der Waals surface area contributed by atoms with E-state index in [1.807, 2.05) is 6.92 Å². The summed E-state index contributed by atoms with van der Waals surface area (Å²) in [5, 5.41) is 0. The topological polar surface area (TPSA) is 80.4 Å². The van der Waals surface area contributed by atoms with Gasteiger partial charge in [0.2, 0.25) is 0 Å². The molecular weight excluding hydrogens is 186 g/mol. The summed E-state index contributed by atoms with van der Waals surface area (Å²) in [5.74, 6) is 0.211. The zero-order valence-electron chi connectivity index (χ0n) is 6.57. The van der Waals surface area contributed by atoms with Crippen molar-refractivity contribution in [2.75, 3.05) is 5.75 Å². The van der Waals surface area contributed by atoms with Gasteiger partial charge in [0, 0.05) is 11.3 Å². The number of rotatable bonds is 4. The Hall–Kier alpha value is 0.220. The fourth-order valence-corrected chi connectivity index (χ4v) is 2.19. The number of nitrogens with two attached hydrogens (primary N) is 1. The van der Waals surface area contributed by atoms with Crippen molar-refractivity contribution in [3.8, 4) is 0 Å². The van der Waals surface area contributed by atoms with E-state index in [-0.39, 0.29) is 5.75 Å². The third kappa shape index (κ3) is 6.61. The lowest BCUT2D eigenvalue weighted by molar-refractivity contribution is 0.497. The highest BCUT2D eigenvalue weighted by atomic mass is 33.1. The molecule has 0 aliphatic carbocycles. The Balaban J connectivity index is 3.90. The molecule has 0 rings (SSSR count). The van der Waals surface area contributed by atoms with Crippen LogP contribution >= 0.6 is 10.8 Å². The highest BCUT2D eigenvalue weighted by Gasteiger charge is 2.19. The summed E-state index contributed by atoms with van der Waals surface area (Å²) in [5.41, 5.74) is 5.10. The molecule has 68 valence electrons. The van der Waals surface area contributed by atoms with E-state index >= 15 is 0 Å². The van der Waals surface area contributed by atoms with Gasteiger partial charge in [-0.1, -0.05) is 6.92 Å². The van der Waals surface area contributed by atoms with Gasteiger partial charge < -0.3 is 5.73 Å². The Morgan fingerprint density at radius 2 is 2.09 bits per heavy atom. The molecule has 0 aliphatic heterocycles. The molecule has 0 aliphatic rings. The van der Waals surface area contributed by atoms with E-state index in [0.29, 0.717) is 17.2 Å². The molecule has 6 heteroatoms. The predicted molar refractivity (Wildman–Crippen MR) is 46.9 cm³/mol. The SMILES string of the molecule is CCC(C)(N)CSS(=O)(=O)O. The molecular formula is C5H13NO3S2. The zero-order chi connectivity index (χ0) is 9.12. The molecule has 0 fully saturated rings. The molecule has 0 radical (unpaired) electrons. The van der Waals surface area contributed by atoms with Gasteiger partial charge in [0.25, 0.3) is 0 Å². The van der Waals surface area contributed by atoms with Crippen molar-refractivity contribution >= 4 is 19.9 Å². The third-order valence-corrected chi connectivity index (χ3v) is 3.67. The van der Waals surface area contributed by atoms with Crippen LogP contribution in [0.4, 0.5) is 0 Å². The Kier molecular flexibility index (Phi) is 3.83. The summed E-state index contributed by atoms with van der Waals surface area (Å²) >= 11 is 0. The van der Waals surface area contributed by atoms with E-state index in [1.54, 1.807) is 6.92 Å².